The van der Waals surface area contributed by atoms with Crippen molar-refractivity contribution in [2.45, 2.75) is 65.1 Å². The van der Waals surface area contributed by atoms with Gasteiger partial charge < -0.3 is 30.2 Å². The van der Waals surface area contributed by atoms with E-state index in [0.29, 0.717) is 26.1 Å². The molecule has 1 aromatic carbocycles. The number of hydrogen-bond donors (Lipinski definition) is 3. The molecule has 0 fully saturated rings. The van der Waals surface area contributed by atoms with Crippen LogP contribution < -0.4 is 16.0 Å². The molecule has 3 atom stereocenters. The van der Waals surface area contributed by atoms with Crippen molar-refractivity contribution in [3.63, 3.8) is 0 Å². The lowest BCUT2D eigenvalue weighted by Crippen LogP contribution is -2.55. The van der Waals surface area contributed by atoms with E-state index in [1.165, 1.54) is 0 Å². The molecule has 0 spiro atoms. The van der Waals surface area contributed by atoms with Crippen LogP contribution >= 0.6 is 0 Å². The number of benzene rings is 1. The molecule has 1 aromatic rings. The number of carbonyl (C=O) groups excluding carboxylic acids is 4. The molecule has 0 saturated heterocycles. The van der Waals surface area contributed by atoms with Crippen LogP contribution in [-0.2, 0) is 35.0 Å². The Hall–Kier alpha value is -2.98. The fourth-order valence-electron chi connectivity index (χ4n) is 3.21. The Morgan fingerprint density at radius 2 is 1.53 bits per heavy atom. The maximum absolute atomic E-state index is 13.2. The van der Waals surface area contributed by atoms with Gasteiger partial charge in [-0.15, -0.1) is 0 Å². The fourth-order valence-corrected chi connectivity index (χ4v) is 3.21. The number of carbonyl (C=O) groups is 4. The highest BCUT2D eigenvalue weighted by Crippen LogP contribution is 2.09. The first-order valence-corrected chi connectivity index (χ1v) is 12.4. The largest absolute Gasteiger partial charge is 0.447 e. The van der Waals surface area contributed by atoms with Crippen LogP contribution in [0.1, 0.15) is 46.1 Å². The van der Waals surface area contributed by atoms with Crippen LogP contribution in [0.4, 0.5) is 4.79 Å². The maximum atomic E-state index is 13.2. The summed E-state index contributed by atoms with van der Waals surface area (Å²) < 4.78 is 15.2. The van der Waals surface area contributed by atoms with Gasteiger partial charge in [-0.3, -0.25) is 14.4 Å². The lowest BCUT2D eigenvalue weighted by molar-refractivity contribution is -0.140. The Morgan fingerprint density at radius 3 is 2.14 bits per heavy atom. The molecule has 36 heavy (non-hydrogen) atoms. The van der Waals surface area contributed by atoms with E-state index in [1.807, 2.05) is 51.1 Å². The third-order valence-electron chi connectivity index (χ3n) is 5.34. The van der Waals surface area contributed by atoms with Crippen LogP contribution in [0.25, 0.3) is 0 Å². The third-order valence-corrected chi connectivity index (χ3v) is 5.34. The number of hydrogen-bond acceptors (Lipinski definition) is 7. The van der Waals surface area contributed by atoms with Crippen molar-refractivity contribution in [1.29, 1.82) is 0 Å². The molecule has 0 aliphatic heterocycles. The highest BCUT2D eigenvalue weighted by Gasteiger charge is 2.31. The zero-order valence-electron chi connectivity index (χ0n) is 22.0. The molecule has 0 aliphatic carbocycles. The van der Waals surface area contributed by atoms with E-state index >= 15 is 0 Å². The van der Waals surface area contributed by atoms with E-state index in [4.69, 9.17) is 14.2 Å². The van der Waals surface area contributed by atoms with Gasteiger partial charge in [-0.05, 0) is 31.2 Å². The molecule has 0 radical (unpaired) electrons. The molecule has 1 rings (SSSR count). The van der Waals surface area contributed by atoms with E-state index in [1.54, 1.807) is 14.0 Å². The Kier molecular flexibility index (Phi) is 15.1. The first kappa shape index (κ1) is 31.1. The summed E-state index contributed by atoms with van der Waals surface area (Å²) in [5.74, 6) is -2.00. The summed E-state index contributed by atoms with van der Waals surface area (Å²) >= 11 is 0. The minimum Gasteiger partial charge on any atom is -0.447 e. The van der Waals surface area contributed by atoms with E-state index in [9.17, 15) is 19.2 Å². The Morgan fingerprint density at radius 1 is 0.861 bits per heavy atom. The average molecular weight is 508 g/mol. The van der Waals surface area contributed by atoms with Gasteiger partial charge in [0, 0.05) is 19.6 Å². The van der Waals surface area contributed by atoms with Gasteiger partial charge in [0.15, 0.2) is 0 Å². The molecule has 3 amide bonds. The normalized spacial score (nSPS) is 13.4. The van der Waals surface area contributed by atoms with Crippen molar-refractivity contribution >= 4 is 23.7 Å². The van der Waals surface area contributed by atoms with Crippen molar-refractivity contribution in [3.05, 3.63) is 35.9 Å². The molecule has 10 heteroatoms. The quantitative estimate of drug-likeness (QED) is 0.217. The van der Waals surface area contributed by atoms with Crippen LogP contribution in [0, 0.1) is 5.92 Å². The number of nitrogens with one attached hydrogen (secondary N) is 3. The lowest BCUT2D eigenvalue weighted by Gasteiger charge is -2.24. The van der Waals surface area contributed by atoms with Crippen molar-refractivity contribution < 1.29 is 33.4 Å². The zero-order chi connectivity index (χ0) is 26.9. The average Bonchev–Trinajstić information content (AvgIpc) is 2.85. The highest BCUT2D eigenvalue weighted by atomic mass is 16.6. The molecule has 0 heterocycles. The minimum atomic E-state index is -1.09. The molecule has 0 bridgehead atoms. The summed E-state index contributed by atoms with van der Waals surface area (Å²) in [6.45, 7) is 8.51. The van der Waals surface area contributed by atoms with Crippen LogP contribution in [0.15, 0.2) is 30.3 Å². The molecule has 10 nitrogen and oxygen atoms in total. The molecule has 202 valence electrons. The van der Waals surface area contributed by atoms with Crippen molar-refractivity contribution in [1.82, 2.24) is 16.0 Å². The SMILES string of the molecule is CCC(C)NC(=O)C(=O)[C@H](Cc1ccccc1)NC(=O)[C@H](CC(C)C)NC(=O)OCCOCCOC. The van der Waals surface area contributed by atoms with E-state index in [0.717, 1.165) is 5.56 Å². The first-order valence-electron chi connectivity index (χ1n) is 12.4. The number of rotatable bonds is 17. The Bertz CT molecular complexity index is 817. The summed E-state index contributed by atoms with van der Waals surface area (Å²) in [5.41, 5.74) is 0.786. The van der Waals surface area contributed by atoms with Gasteiger partial charge in [-0.2, -0.15) is 0 Å². The molecular weight excluding hydrogens is 466 g/mol. The van der Waals surface area contributed by atoms with Gasteiger partial charge in [0.1, 0.15) is 18.7 Å². The maximum Gasteiger partial charge on any atom is 0.407 e. The van der Waals surface area contributed by atoms with Gasteiger partial charge in [0.05, 0.1) is 19.8 Å². The topological polar surface area (TPSA) is 132 Å². The lowest BCUT2D eigenvalue weighted by atomic mass is 9.99. The fraction of sp³-hybridized carbons (Fsp3) is 0.615. The van der Waals surface area contributed by atoms with Crippen LogP contribution in [0.3, 0.4) is 0 Å². The Balaban J connectivity index is 2.88. The van der Waals surface area contributed by atoms with Crippen LogP contribution in [-0.4, -0.2) is 75.4 Å². The standard InChI is InChI=1S/C26H41N3O7/c1-6-19(4)27-25(32)23(30)21(17-20-10-8-7-9-11-20)28-24(31)22(16-18(2)3)29-26(33)36-15-14-35-13-12-34-5/h7-11,18-19,21-22H,6,12-17H2,1-5H3,(H,27,32)(H,28,31)(H,29,33)/t19?,21-,22-/m0/s1. The second kappa shape index (κ2) is 17.4. The summed E-state index contributed by atoms with van der Waals surface area (Å²) in [6, 6.07) is 6.88. The number of ketones is 1. The predicted molar refractivity (Wildman–Crippen MR) is 135 cm³/mol. The second-order valence-corrected chi connectivity index (χ2v) is 8.97. The highest BCUT2D eigenvalue weighted by molar-refractivity contribution is 6.38. The smallest absolute Gasteiger partial charge is 0.407 e. The monoisotopic (exact) mass is 507 g/mol. The predicted octanol–water partition coefficient (Wildman–Crippen LogP) is 2.00. The second-order valence-electron chi connectivity index (χ2n) is 8.97. The van der Waals surface area contributed by atoms with Crippen LogP contribution in [0.5, 0.6) is 0 Å². The zero-order valence-corrected chi connectivity index (χ0v) is 22.0. The van der Waals surface area contributed by atoms with E-state index < -0.39 is 35.8 Å². The van der Waals surface area contributed by atoms with E-state index in [2.05, 4.69) is 16.0 Å². The van der Waals surface area contributed by atoms with Crippen LogP contribution in [0.2, 0.25) is 0 Å². The summed E-state index contributed by atoms with van der Waals surface area (Å²) in [7, 11) is 1.56. The summed E-state index contributed by atoms with van der Waals surface area (Å²) in [6.07, 6.45) is 0.342. The summed E-state index contributed by atoms with van der Waals surface area (Å²) in [4.78, 5) is 51.0. The van der Waals surface area contributed by atoms with Gasteiger partial charge in [0.2, 0.25) is 11.7 Å². The number of Topliss-reactive ketones (excluding diaryl/α,β-unsaturated/α-hetero) is 1. The van der Waals surface area contributed by atoms with Gasteiger partial charge in [-0.1, -0.05) is 51.1 Å². The third kappa shape index (κ3) is 12.6. The van der Waals surface area contributed by atoms with Gasteiger partial charge in [0.25, 0.3) is 5.91 Å². The number of alkyl carbamates (subject to hydrolysis) is 1. The molecule has 1 unspecified atom stereocenters. The number of ether oxygens (including phenoxy) is 3. The number of amides is 3. The molecule has 0 saturated carbocycles. The van der Waals surface area contributed by atoms with Crippen molar-refractivity contribution in [2.24, 2.45) is 5.92 Å². The van der Waals surface area contributed by atoms with Gasteiger partial charge in [-0.25, -0.2) is 4.79 Å². The van der Waals surface area contributed by atoms with Crippen molar-refractivity contribution in [3.8, 4) is 0 Å². The van der Waals surface area contributed by atoms with Gasteiger partial charge >= 0.3 is 6.09 Å². The summed E-state index contributed by atoms with van der Waals surface area (Å²) in [5, 5.41) is 7.90. The Labute approximate surface area is 213 Å². The molecular formula is C26H41N3O7. The number of methoxy groups -OCH3 is 1. The molecule has 3 N–H and O–H groups in total. The molecule has 0 aromatic heterocycles. The van der Waals surface area contributed by atoms with E-state index in [-0.39, 0.29) is 31.6 Å². The minimum absolute atomic E-state index is 0.0104. The van der Waals surface area contributed by atoms with Crippen molar-refractivity contribution in [2.75, 3.05) is 33.5 Å². The first-order chi connectivity index (χ1) is 17.2. The molecule has 0 aliphatic rings.